The number of rotatable bonds is 1. The minimum absolute atomic E-state index is 0.0521. The molecular weight excluding hydrogens is 224 g/mol. The van der Waals surface area contributed by atoms with Crippen LogP contribution >= 0.6 is 31.9 Å². The molecule has 0 aliphatic heterocycles. The Bertz CT molecular complexity index is 74.1. The van der Waals surface area contributed by atoms with Gasteiger partial charge in [0.25, 0.3) is 0 Å². The van der Waals surface area contributed by atoms with Crippen molar-refractivity contribution in [3.63, 3.8) is 0 Å². The molecule has 0 bridgehead atoms. The SMILES string of the molecule is OC1CC1C(Br)Br. The Kier molecular flexibility index (Phi) is 1.76. The molecule has 0 aromatic heterocycles. The van der Waals surface area contributed by atoms with Crippen LogP contribution in [-0.4, -0.2) is 14.9 Å². The van der Waals surface area contributed by atoms with Crippen molar-refractivity contribution in [3.8, 4) is 0 Å². The van der Waals surface area contributed by atoms with Crippen LogP contribution in [0.5, 0.6) is 0 Å². The highest BCUT2D eigenvalue weighted by Crippen LogP contribution is 2.39. The Balaban J connectivity index is 2.20. The van der Waals surface area contributed by atoms with Gasteiger partial charge in [0.05, 0.1) is 9.84 Å². The smallest absolute Gasteiger partial charge is 0.0751 e. The zero-order valence-corrected chi connectivity index (χ0v) is 6.81. The highest BCUT2D eigenvalue weighted by atomic mass is 79.9. The summed E-state index contributed by atoms with van der Waals surface area (Å²) in [6, 6.07) is 0. The molecule has 1 nitrogen and oxygen atoms in total. The van der Waals surface area contributed by atoms with Crippen LogP contribution in [0, 0.1) is 5.92 Å². The van der Waals surface area contributed by atoms with Crippen LogP contribution in [0.1, 0.15) is 6.42 Å². The van der Waals surface area contributed by atoms with Gasteiger partial charge in [-0.15, -0.1) is 0 Å². The lowest BCUT2D eigenvalue weighted by Gasteiger charge is -1.91. The number of alkyl halides is 2. The van der Waals surface area contributed by atoms with Gasteiger partial charge in [0.15, 0.2) is 0 Å². The molecule has 7 heavy (non-hydrogen) atoms. The minimum atomic E-state index is -0.0521. The third-order valence-corrected chi connectivity index (χ3v) is 2.49. The summed E-state index contributed by atoms with van der Waals surface area (Å²) in [4.78, 5) is 0. The van der Waals surface area contributed by atoms with E-state index in [2.05, 4.69) is 31.9 Å². The summed E-state index contributed by atoms with van der Waals surface area (Å²) in [5.41, 5.74) is 0. The second kappa shape index (κ2) is 2.03. The Morgan fingerprint density at radius 1 is 1.57 bits per heavy atom. The Morgan fingerprint density at radius 2 is 2.00 bits per heavy atom. The molecule has 0 spiro atoms. The topological polar surface area (TPSA) is 20.2 Å². The van der Waals surface area contributed by atoms with E-state index < -0.39 is 0 Å². The van der Waals surface area contributed by atoms with Gasteiger partial charge in [-0.1, -0.05) is 31.9 Å². The van der Waals surface area contributed by atoms with Gasteiger partial charge in [0, 0.05) is 5.92 Å². The first-order chi connectivity index (χ1) is 3.22. The molecule has 1 aliphatic rings. The van der Waals surface area contributed by atoms with Crippen LogP contribution in [0.25, 0.3) is 0 Å². The fourth-order valence-electron chi connectivity index (χ4n) is 0.471. The molecular formula is C4H6Br2O. The van der Waals surface area contributed by atoms with Crippen LogP contribution in [0.2, 0.25) is 0 Å². The van der Waals surface area contributed by atoms with Crippen molar-refractivity contribution < 1.29 is 5.11 Å². The van der Waals surface area contributed by atoms with Crippen LogP contribution in [-0.2, 0) is 0 Å². The summed E-state index contributed by atoms with van der Waals surface area (Å²) in [7, 11) is 0. The first-order valence-electron chi connectivity index (χ1n) is 2.18. The van der Waals surface area contributed by atoms with Gasteiger partial charge in [-0.05, 0) is 6.42 Å². The van der Waals surface area contributed by atoms with Crippen molar-refractivity contribution in [3.05, 3.63) is 0 Å². The summed E-state index contributed by atoms with van der Waals surface area (Å²) >= 11 is 6.60. The van der Waals surface area contributed by atoms with E-state index in [0.717, 1.165) is 6.42 Å². The lowest BCUT2D eigenvalue weighted by Crippen LogP contribution is -1.92. The molecule has 0 heterocycles. The Hall–Kier alpha value is 0.920. The lowest BCUT2D eigenvalue weighted by molar-refractivity contribution is 0.263. The van der Waals surface area contributed by atoms with E-state index in [-0.39, 0.29) is 6.10 Å². The zero-order valence-electron chi connectivity index (χ0n) is 3.64. The van der Waals surface area contributed by atoms with E-state index in [1.807, 2.05) is 0 Å². The largest absolute Gasteiger partial charge is 0.393 e. The van der Waals surface area contributed by atoms with Crippen molar-refractivity contribution in [1.29, 1.82) is 0 Å². The Morgan fingerprint density at radius 3 is 2.00 bits per heavy atom. The van der Waals surface area contributed by atoms with Gasteiger partial charge < -0.3 is 5.11 Å². The van der Waals surface area contributed by atoms with Gasteiger partial charge in [-0.25, -0.2) is 0 Å². The van der Waals surface area contributed by atoms with E-state index >= 15 is 0 Å². The van der Waals surface area contributed by atoms with Crippen molar-refractivity contribution in [1.82, 2.24) is 0 Å². The van der Waals surface area contributed by atoms with Gasteiger partial charge >= 0.3 is 0 Å². The van der Waals surface area contributed by atoms with Gasteiger partial charge in [0.1, 0.15) is 0 Å². The number of hydrogen-bond donors (Lipinski definition) is 1. The normalized spacial score (nSPS) is 39.4. The molecule has 1 aliphatic carbocycles. The molecule has 2 atom stereocenters. The van der Waals surface area contributed by atoms with E-state index in [0.29, 0.717) is 9.65 Å². The number of aliphatic hydroxyl groups excluding tert-OH is 1. The molecule has 2 unspecified atom stereocenters. The maximum atomic E-state index is 8.74. The van der Waals surface area contributed by atoms with Crippen molar-refractivity contribution in [2.45, 2.75) is 16.3 Å². The first-order valence-corrected chi connectivity index (χ1v) is 4.01. The average Bonchev–Trinajstić information content (AvgIpc) is 2.17. The summed E-state index contributed by atoms with van der Waals surface area (Å²) < 4.78 is 0.315. The number of hydrogen-bond acceptors (Lipinski definition) is 1. The molecule has 3 heteroatoms. The van der Waals surface area contributed by atoms with Gasteiger partial charge in [0.2, 0.25) is 0 Å². The fourth-order valence-corrected chi connectivity index (χ4v) is 1.61. The standard InChI is InChI=1S/C4H6Br2O/c5-4(6)2-1-3(2)7/h2-4,7H,1H2. The van der Waals surface area contributed by atoms with E-state index in [9.17, 15) is 0 Å². The maximum absolute atomic E-state index is 8.74. The molecule has 1 saturated carbocycles. The average molecular weight is 230 g/mol. The number of aliphatic hydroxyl groups is 1. The predicted octanol–water partition coefficient (Wildman–Crippen LogP) is 1.48. The Labute approximate surface area is 59.4 Å². The summed E-state index contributed by atoms with van der Waals surface area (Å²) in [5, 5.41) is 8.74. The van der Waals surface area contributed by atoms with E-state index in [1.165, 1.54) is 0 Å². The molecule has 0 saturated heterocycles. The summed E-state index contributed by atoms with van der Waals surface area (Å²) in [6.45, 7) is 0. The first kappa shape index (κ1) is 6.05. The number of halogens is 2. The summed E-state index contributed by atoms with van der Waals surface area (Å²) in [5.74, 6) is 0.458. The second-order valence-corrected chi connectivity index (χ2v) is 5.00. The molecule has 0 amide bonds. The van der Waals surface area contributed by atoms with Crippen LogP contribution in [0.15, 0.2) is 0 Å². The summed E-state index contributed by atoms with van der Waals surface area (Å²) in [6.07, 6.45) is 0.894. The highest BCUT2D eigenvalue weighted by Gasteiger charge is 2.39. The maximum Gasteiger partial charge on any atom is 0.0751 e. The minimum Gasteiger partial charge on any atom is -0.393 e. The molecule has 0 radical (unpaired) electrons. The third kappa shape index (κ3) is 1.40. The zero-order chi connectivity index (χ0) is 5.44. The molecule has 1 fully saturated rings. The van der Waals surface area contributed by atoms with Crippen LogP contribution in [0.3, 0.4) is 0 Å². The second-order valence-electron chi connectivity index (χ2n) is 1.80. The molecule has 0 aromatic rings. The molecule has 42 valence electrons. The molecule has 0 aromatic carbocycles. The molecule has 1 N–H and O–H groups in total. The van der Waals surface area contributed by atoms with E-state index in [4.69, 9.17) is 5.11 Å². The van der Waals surface area contributed by atoms with Crippen LogP contribution in [0.4, 0.5) is 0 Å². The predicted molar refractivity (Wildman–Crippen MR) is 35.8 cm³/mol. The lowest BCUT2D eigenvalue weighted by atomic mass is 10.5. The molecule has 1 rings (SSSR count). The van der Waals surface area contributed by atoms with Gasteiger partial charge in [-0.2, -0.15) is 0 Å². The van der Waals surface area contributed by atoms with Crippen molar-refractivity contribution in [2.75, 3.05) is 0 Å². The van der Waals surface area contributed by atoms with Crippen molar-refractivity contribution >= 4 is 31.9 Å². The van der Waals surface area contributed by atoms with Crippen molar-refractivity contribution in [2.24, 2.45) is 5.92 Å². The van der Waals surface area contributed by atoms with Crippen LogP contribution < -0.4 is 0 Å². The van der Waals surface area contributed by atoms with E-state index in [1.54, 1.807) is 0 Å². The third-order valence-electron chi connectivity index (χ3n) is 1.13. The quantitative estimate of drug-likeness (QED) is 0.676. The highest BCUT2D eigenvalue weighted by molar-refractivity contribution is 9.24. The monoisotopic (exact) mass is 228 g/mol. The fraction of sp³-hybridized carbons (Fsp3) is 1.00. The van der Waals surface area contributed by atoms with Gasteiger partial charge in [-0.3, -0.25) is 0 Å².